The van der Waals surface area contributed by atoms with Crippen molar-refractivity contribution in [2.45, 2.75) is 24.2 Å². The van der Waals surface area contributed by atoms with Gasteiger partial charge in [-0.15, -0.1) is 0 Å². The zero-order chi connectivity index (χ0) is 35.8. The number of carbonyl (C=O) groups excluding carboxylic acids is 4. The number of methoxy groups -OCH3 is 1. The molecule has 2 heterocycles. The number of aromatic hydroxyl groups is 1. The Morgan fingerprint density at radius 3 is 2.29 bits per heavy atom. The molecule has 0 aromatic heterocycles. The van der Waals surface area contributed by atoms with Crippen LogP contribution < -0.4 is 15.1 Å². The predicted molar refractivity (Wildman–Crippen MR) is 195 cm³/mol. The van der Waals surface area contributed by atoms with Crippen molar-refractivity contribution >= 4 is 69.2 Å². The molecule has 2 N–H and O–H groups in total. The average Bonchev–Trinajstić information content (AvgIpc) is 3.51. The van der Waals surface area contributed by atoms with Gasteiger partial charge in [0.15, 0.2) is 11.5 Å². The van der Waals surface area contributed by atoms with Crippen LogP contribution in [0.15, 0.2) is 103 Å². The molecule has 4 amide bonds. The summed E-state index contributed by atoms with van der Waals surface area (Å²) in [5, 5.41) is 12.0. The number of benzene rings is 4. The molecule has 258 valence electrons. The molecular formula is C39H30ClFIN3O6. The molecule has 2 saturated heterocycles. The number of fused-ring (bicyclic) bond motifs is 4. The number of phenolic OH excluding ortho intramolecular Hbond substituents is 1. The molecule has 0 bridgehead atoms. The van der Waals surface area contributed by atoms with Crippen molar-refractivity contribution in [2.24, 2.45) is 23.7 Å². The van der Waals surface area contributed by atoms with E-state index in [0.29, 0.717) is 27.5 Å². The predicted octanol–water partition coefficient (Wildman–Crippen LogP) is 6.99. The molecule has 4 aromatic rings. The van der Waals surface area contributed by atoms with Gasteiger partial charge in [0, 0.05) is 14.5 Å². The first-order chi connectivity index (χ1) is 24.5. The molecule has 12 heteroatoms. The third kappa shape index (κ3) is 5.07. The first-order valence-corrected chi connectivity index (χ1v) is 17.9. The number of imide groups is 2. The molecule has 1 saturated carbocycles. The summed E-state index contributed by atoms with van der Waals surface area (Å²) in [4.78, 5) is 59.6. The number of carbonyl (C=O) groups is 4. The number of phenols is 1. The van der Waals surface area contributed by atoms with Gasteiger partial charge in [-0.1, -0.05) is 41.4 Å². The highest BCUT2D eigenvalue weighted by Gasteiger charge is 2.70. The molecule has 3 fully saturated rings. The Balaban J connectivity index is 1.33. The molecule has 6 atom stereocenters. The minimum Gasteiger partial charge on any atom is -0.504 e. The van der Waals surface area contributed by atoms with Gasteiger partial charge in [-0.05, 0) is 125 Å². The molecule has 2 aliphatic heterocycles. The Labute approximate surface area is 311 Å². The van der Waals surface area contributed by atoms with Crippen molar-refractivity contribution in [1.29, 1.82) is 0 Å². The minimum atomic E-state index is -1.55. The van der Waals surface area contributed by atoms with E-state index in [1.54, 1.807) is 48.5 Å². The number of hydrogen-bond acceptors (Lipinski definition) is 7. The number of nitrogens with one attached hydrogen (secondary N) is 1. The van der Waals surface area contributed by atoms with Crippen LogP contribution in [0.3, 0.4) is 0 Å². The van der Waals surface area contributed by atoms with Crippen molar-refractivity contribution in [2.75, 3.05) is 17.4 Å². The van der Waals surface area contributed by atoms with E-state index in [0.717, 1.165) is 14.2 Å². The fraction of sp³-hybridized carbons (Fsp3) is 0.231. The van der Waals surface area contributed by atoms with Gasteiger partial charge >= 0.3 is 0 Å². The number of ether oxygens (including phenoxy) is 1. The van der Waals surface area contributed by atoms with Crippen molar-refractivity contribution in [3.05, 3.63) is 128 Å². The molecule has 0 radical (unpaired) electrons. The van der Waals surface area contributed by atoms with Crippen LogP contribution in [0, 0.1) is 33.1 Å². The molecule has 9 nitrogen and oxygen atoms in total. The molecule has 4 aromatic carbocycles. The zero-order valence-corrected chi connectivity index (χ0v) is 30.0. The summed E-state index contributed by atoms with van der Waals surface area (Å²) in [5.74, 6) is -5.96. The van der Waals surface area contributed by atoms with Crippen molar-refractivity contribution in [3.8, 4) is 11.5 Å². The van der Waals surface area contributed by atoms with Crippen LogP contribution in [0.4, 0.5) is 15.8 Å². The largest absolute Gasteiger partial charge is 0.504 e. The highest BCUT2D eigenvalue weighted by molar-refractivity contribution is 14.1. The van der Waals surface area contributed by atoms with Crippen molar-refractivity contribution < 1.29 is 33.4 Å². The summed E-state index contributed by atoms with van der Waals surface area (Å²) in [7, 11) is 1.42. The van der Waals surface area contributed by atoms with Crippen LogP contribution in [0.5, 0.6) is 11.5 Å². The number of halogens is 3. The van der Waals surface area contributed by atoms with Gasteiger partial charge in [0.05, 0.1) is 41.7 Å². The summed E-state index contributed by atoms with van der Waals surface area (Å²) in [6.07, 6.45) is 2.32. The third-order valence-corrected chi connectivity index (χ3v) is 11.8. The Kier molecular flexibility index (Phi) is 8.17. The highest BCUT2D eigenvalue weighted by atomic mass is 127. The van der Waals surface area contributed by atoms with Crippen molar-refractivity contribution in [1.82, 2.24) is 5.01 Å². The maximum absolute atomic E-state index is 15.2. The Morgan fingerprint density at radius 1 is 0.902 bits per heavy atom. The summed E-state index contributed by atoms with van der Waals surface area (Å²) >= 11 is 8.52. The van der Waals surface area contributed by atoms with Crippen LogP contribution in [-0.4, -0.2) is 40.9 Å². The summed E-state index contributed by atoms with van der Waals surface area (Å²) < 4.78 is 20.3. The molecule has 51 heavy (non-hydrogen) atoms. The first-order valence-electron chi connectivity index (χ1n) is 16.4. The molecule has 8 rings (SSSR count). The quantitative estimate of drug-likeness (QED) is 0.123. The van der Waals surface area contributed by atoms with Gasteiger partial charge < -0.3 is 9.84 Å². The average molecular weight is 818 g/mol. The van der Waals surface area contributed by atoms with Gasteiger partial charge in [-0.3, -0.25) is 29.5 Å². The summed E-state index contributed by atoms with van der Waals surface area (Å²) in [6.45, 7) is 0. The van der Waals surface area contributed by atoms with E-state index in [-0.39, 0.29) is 36.2 Å². The monoisotopic (exact) mass is 817 g/mol. The lowest BCUT2D eigenvalue weighted by atomic mass is 9.49. The van der Waals surface area contributed by atoms with Gasteiger partial charge in [0.25, 0.3) is 11.8 Å². The van der Waals surface area contributed by atoms with E-state index >= 15 is 4.79 Å². The van der Waals surface area contributed by atoms with E-state index in [2.05, 4.69) is 28.0 Å². The fourth-order valence-corrected chi connectivity index (χ4v) is 9.23. The molecule has 4 aliphatic rings. The van der Waals surface area contributed by atoms with Gasteiger partial charge in [0.2, 0.25) is 11.8 Å². The second-order valence-corrected chi connectivity index (χ2v) is 15.0. The van der Waals surface area contributed by atoms with E-state index < -0.39 is 52.6 Å². The van der Waals surface area contributed by atoms with E-state index in [1.807, 2.05) is 18.2 Å². The molecule has 6 unspecified atom stereocenters. The summed E-state index contributed by atoms with van der Waals surface area (Å²) in [6, 6.07) is 24.1. The molecule has 2 aliphatic carbocycles. The first kappa shape index (κ1) is 33.4. The Morgan fingerprint density at radius 2 is 1.61 bits per heavy atom. The Bertz CT molecular complexity index is 2140. The fourth-order valence-electron chi connectivity index (χ4n) is 8.75. The van der Waals surface area contributed by atoms with E-state index in [4.69, 9.17) is 16.3 Å². The lowest BCUT2D eigenvalue weighted by Gasteiger charge is -2.50. The lowest BCUT2D eigenvalue weighted by molar-refractivity contribution is -0.138. The van der Waals surface area contributed by atoms with Crippen LogP contribution >= 0.6 is 34.2 Å². The van der Waals surface area contributed by atoms with Crippen LogP contribution in [0.25, 0.3) is 0 Å². The van der Waals surface area contributed by atoms with Gasteiger partial charge in [-0.2, -0.15) is 5.01 Å². The number of rotatable bonds is 6. The summed E-state index contributed by atoms with van der Waals surface area (Å²) in [5.41, 5.74) is 4.06. The molecule has 0 spiro atoms. The topological polar surface area (TPSA) is 116 Å². The lowest BCUT2D eigenvalue weighted by Crippen LogP contribution is -2.53. The second kappa shape index (κ2) is 12.5. The standard InChI is InChI=1S/C39H30ClFIN3O6/c1-51-32-18-20(2-17-31(32)46)34-27-15-16-28-33(37(49)44(35(28)47)26-13-9-24(42)10-14-26)29(27)19-30-36(48)45(43-25-11-7-23(41)8-12-25)38(50)39(30,34)21-3-5-22(40)6-4-21/h2-15,17-18,28-30,33-34,43,46H,16,19H2,1H3. The normalized spacial score (nSPS) is 26.8. The smallest absolute Gasteiger partial charge is 0.260 e. The Hall–Kier alpha value is -4.75. The van der Waals surface area contributed by atoms with Gasteiger partial charge in [0.1, 0.15) is 5.82 Å². The number of hydrogen-bond donors (Lipinski definition) is 2. The van der Waals surface area contributed by atoms with Crippen LogP contribution in [-0.2, 0) is 24.6 Å². The molecular weight excluding hydrogens is 788 g/mol. The minimum absolute atomic E-state index is 0.104. The number of nitrogens with zero attached hydrogens (tertiary/aromatic N) is 2. The van der Waals surface area contributed by atoms with Crippen molar-refractivity contribution in [3.63, 3.8) is 0 Å². The van der Waals surface area contributed by atoms with Gasteiger partial charge in [-0.25, -0.2) is 4.39 Å². The SMILES string of the molecule is COc1cc(C2C3=CCC4C(=O)N(c5ccc(I)cc5)C(=O)C4C3CC3C(=O)N(Nc4ccc(F)cc4)C(=O)C32c2ccc(Cl)cc2)ccc1O. The highest BCUT2D eigenvalue weighted by Crippen LogP contribution is 2.64. The number of allylic oxidation sites excluding steroid dienone is 2. The third-order valence-electron chi connectivity index (χ3n) is 10.9. The maximum atomic E-state index is 15.2. The maximum Gasteiger partial charge on any atom is 0.260 e. The zero-order valence-electron chi connectivity index (χ0n) is 27.1. The van der Waals surface area contributed by atoms with Crippen LogP contribution in [0.2, 0.25) is 5.02 Å². The second-order valence-electron chi connectivity index (χ2n) is 13.3. The number of hydrazine groups is 1. The van der Waals surface area contributed by atoms with E-state index in [1.165, 1.54) is 42.3 Å². The number of anilines is 2. The van der Waals surface area contributed by atoms with Crippen LogP contribution in [0.1, 0.15) is 29.9 Å². The van der Waals surface area contributed by atoms with E-state index in [9.17, 15) is 23.9 Å². The number of amides is 4.